The van der Waals surface area contributed by atoms with Gasteiger partial charge < -0.3 is 0 Å². The van der Waals surface area contributed by atoms with Gasteiger partial charge in [0.15, 0.2) is 0 Å². The Labute approximate surface area is 81.9 Å². The van der Waals surface area contributed by atoms with Crippen molar-refractivity contribution in [3.05, 3.63) is 0 Å². The smallest absolute Gasteiger partial charge is 0.133 e. The zero-order valence-electron chi connectivity index (χ0n) is 9.34. The summed E-state index contributed by atoms with van der Waals surface area (Å²) >= 11 is 0. The van der Waals surface area contributed by atoms with Crippen molar-refractivity contribution in [2.24, 2.45) is 23.7 Å². The summed E-state index contributed by atoms with van der Waals surface area (Å²) in [7, 11) is 0. The molecule has 0 aromatic carbocycles. The van der Waals surface area contributed by atoms with E-state index in [0.29, 0.717) is 23.5 Å². The van der Waals surface area contributed by atoms with E-state index < -0.39 is 0 Å². The molecule has 0 unspecified atom stereocenters. The summed E-state index contributed by atoms with van der Waals surface area (Å²) in [5, 5.41) is 0. The number of ketones is 1. The standard InChI is InChI=1S/C12H22O/c1-8(2)12-7-9(3)5-6-11(12)10(4)13/h8-9,11-12H,5-7H2,1-4H3/t9-,11+,12+/m1/s1. The van der Waals surface area contributed by atoms with Crippen LogP contribution in [-0.4, -0.2) is 5.78 Å². The highest BCUT2D eigenvalue weighted by atomic mass is 16.1. The molecule has 13 heavy (non-hydrogen) atoms. The first-order valence-corrected chi connectivity index (χ1v) is 5.52. The molecular formula is C12H22O. The summed E-state index contributed by atoms with van der Waals surface area (Å²) in [6, 6.07) is 0. The fourth-order valence-electron chi connectivity index (χ4n) is 2.67. The van der Waals surface area contributed by atoms with Crippen molar-refractivity contribution in [2.45, 2.75) is 47.0 Å². The van der Waals surface area contributed by atoms with Gasteiger partial charge >= 0.3 is 0 Å². The Morgan fingerprint density at radius 2 is 1.92 bits per heavy atom. The SMILES string of the molecule is CC(=O)[C@@H]1CC[C@@H](C)C[C@H]1C(C)C. The fraction of sp³-hybridized carbons (Fsp3) is 0.917. The van der Waals surface area contributed by atoms with Crippen LogP contribution in [0, 0.1) is 23.7 Å². The lowest BCUT2D eigenvalue weighted by atomic mass is 9.69. The van der Waals surface area contributed by atoms with Gasteiger partial charge in [-0.3, -0.25) is 4.79 Å². The van der Waals surface area contributed by atoms with E-state index in [-0.39, 0.29) is 0 Å². The Kier molecular flexibility index (Phi) is 3.52. The lowest BCUT2D eigenvalue weighted by Crippen LogP contribution is -2.31. The third-order valence-corrected chi connectivity index (χ3v) is 3.54. The molecule has 0 aromatic heterocycles. The maximum Gasteiger partial charge on any atom is 0.133 e. The predicted octanol–water partition coefficient (Wildman–Crippen LogP) is 3.28. The summed E-state index contributed by atoms with van der Waals surface area (Å²) < 4.78 is 0. The molecule has 0 N–H and O–H groups in total. The molecule has 76 valence electrons. The van der Waals surface area contributed by atoms with Crippen molar-refractivity contribution in [2.75, 3.05) is 0 Å². The highest BCUT2D eigenvalue weighted by Crippen LogP contribution is 2.38. The van der Waals surface area contributed by atoms with E-state index in [4.69, 9.17) is 0 Å². The van der Waals surface area contributed by atoms with Crippen molar-refractivity contribution < 1.29 is 4.79 Å². The van der Waals surface area contributed by atoms with Crippen molar-refractivity contribution in [1.29, 1.82) is 0 Å². The van der Waals surface area contributed by atoms with E-state index in [1.807, 2.05) is 0 Å². The molecule has 0 bridgehead atoms. The third-order valence-electron chi connectivity index (χ3n) is 3.54. The van der Waals surface area contributed by atoms with E-state index in [2.05, 4.69) is 20.8 Å². The molecule has 0 radical (unpaired) electrons. The zero-order valence-corrected chi connectivity index (χ0v) is 9.34. The lowest BCUT2D eigenvalue weighted by Gasteiger charge is -2.36. The molecule has 0 amide bonds. The van der Waals surface area contributed by atoms with E-state index in [9.17, 15) is 4.79 Å². The second kappa shape index (κ2) is 4.26. The molecule has 1 heteroatoms. The van der Waals surface area contributed by atoms with E-state index in [0.717, 1.165) is 12.3 Å². The first-order chi connectivity index (χ1) is 6.02. The van der Waals surface area contributed by atoms with Crippen LogP contribution in [0.25, 0.3) is 0 Å². The Balaban J connectivity index is 2.66. The van der Waals surface area contributed by atoms with Gasteiger partial charge in [-0.15, -0.1) is 0 Å². The molecule has 0 heterocycles. The van der Waals surface area contributed by atoms with Crippen molar-refractivity contribution in [3.63, 3.8) is 0 Å². The van der Waals surface area contributed by atoms with Gasteiger partial charge in [-0.1, -0.05) is 27.2 Å². The van der Waals surface area contributed by atoms with Crippen LogP contribution < -0.4 is 0 Å². The monoisotopic (exact) mass is 182 g/mol. The number of carbonyl (C=O) groups excluding carboxylic acids is 1. The van der Waals surface area contributed by atoms with Crippen LogP contribution in [0.3, 0.4) is 0 Å². The van der Waals surface area contributed by atoms with Crippen molar-refractivity contribution >= 4 is 5.78 Å². The third kappa shape index (κ3) is 2.55. The normalized spacial score (nSPS) is 35.0. The minimum atomic E-state index is 0.358. The summed E-state index contributed by atoms with van der Waals surface area (Å²) in [6.45, 7) is 8.57. The van der Waals surface area contributed by atoms with Crippen LogP contribution in [0.1, 0.15) is 47.0 Å². The van der Waals surface area contributed by atoms with Gasteiger partial charge in [0, 0.05) is 5.92 Å². The Hall–Kier alpha value is -0.330. The lowest BCUT2D eigenvalue weighted by molar-refractivity contribution is -0.124. The first-order valence-electron chi connectivity index (χ1n) is 5.52. The molecule has 0 saturated heterocycles. The minimum absolute atomic E-state index is 0.358. The summed E-state index contributed by atoms with van der Waals surface area (Å²) in [4.78, 5) is 11.4. The Morgan fingerprint density at radius 3 is 2.38 bits per heavy atom. The minimum Gasteiger partial charge on any atom is -0.300 e. The summed E-state index contributed by atoms with van der Waals surface area (Å²) in [5.74, 6) is 2.89. The molecular weight excluding hydrogens is 160 g/mol. The second-order valence-corrected chi connectivity index (χ2v) is 5.04. The molecule has 1 saturated carbocycles. The molecule has 1 fully saturated rings. The van der Waals surface area contributed by atoms with Crippen molar-refractivity contribution in [3.8, 4) is 0 Å². The average Bonchev–Trinajstić information content (AvgIpc) is 2.03. The maximum atomic E-state index is 11.4. The fourth-order valence-corrected chi connectivity index (χ4v) is 2.67. The molecule has 0 spiro atoms. The van der Waals surface area contributed by atoms with Crippen LogP contribution in [0.15, 0.2) is 0 Å². The van der Waals surface area contributed by atoms with Gasteiger partial charge in [0.1, 0.15) is 5.78 Å². The van der Waals surface area contributed by atoms with Gasteiger partial charge in [-0.05, 0) is 37.5 Å². The summed E-state index contributed by atoms with van der Waals surface area (Å²) in [6.07, 6.45) is 3.62. The molecule has 1 nitrogen and oxygen atoms in total. The Morgan fingerprint density at radius 1 is 1.31 bits per heavy atom. The molecule has 1 aliphatic rings. The van der Waals surface area contributed by atoms with E-state index >= 15 is 0 Å². The number of carbonyl (C=O) groups is 1. The van der Waals surface area contributed by atoms with Crippen LogP contribution in [0.2, 0.25) is 0 Å². The summed E-state index contributed by atoms with van der Waals surface area (Å²) in [5.41, 5.74) is 0. The van der Waals surface area contributed by atoms with Gasteiger partial charge in [0.05, 0.1) is 0 Å². The van der Waals surface area contributed by atoms with Gasteiger partial charge in [-0.25, -0.2) is 0 Å². The zero-order chi connectivity index (χ0) is 10.0. The molecule has 3 atom stereocenters. The van der Waals surface area contributed by atoms with Gasteiger partial charge in [-0.2, -0.15) is 0 Å². The molecule has 0 aliphatic heterocycles. The van der Waals surface area contributed by atoms with E-state index in [1.54, 1.807) is 6.92 Å². The van der Waals surface area contributed by atoms with Crippen LogP contribution in [0.4, 0.5) is 0 Å². The molecule has 1 aliphatic carbocycles. The Bertz CT molecular complexity index is 184. The number of Topliss-reactive ketones (excluding diaryl/α,β-unsaturated/α-hetero) is 1. The van der Waals surface area contributed by atoms with E-state index in [1.165, 1.54) is 12.8 Å². The maximum absolute atomic E-state index is 11.4. The van der Waals surface area contributed by atoms with Crippen LogP contribution >= 0.6 is 0 Å². The number of hydrogen-bond acceptors (Lipinski definition) is 1. The van der Waals surface area contributed by atoms with Crippen LogP contribution in [0.5, 0.6) is 0 Å². The number of hydrogen-bond donors (Lipinski definition) is 0. The van der Waals surface area contributed by atoms with Gasteiger partial charge in [0.25, 0.3) is 0 Å². The topological polar surface area (TPSA) is 17.1 Å². The highest BCUT2D eigenvalue weighted by Gasteiger charge is 2.33. The second-order valence-electron chi connectivity index (χ2n) is 5.04. The largest absolute Gasteiger partial charge is 0.300 e. The predicted molar refractivity (Wildman–Crippen MR) is 55.5 cm³/mol. The first kappa shape index (κ1) is 10.7. The number of rotatable bonds is 2. The highest BCUT2D eigenvalue weighted by molar-refractivity contribution is 5.78. The quantitative estimate of drug-likeness (QED) is 0.640. The van der Waals surface area contributed by atoms with Crippen molar-refractivity contribution in [1.82, 2.24) is 0 Å². The van der Waals surface area contributed by atoms with Crippen LogP contribution in [-0.2, 0) is 4.79 Å². The molecule has 1 rings (SSSR count). The average molecular weight is 182 g/mol. The molecule has 0 aromatic rings. The van der Waals surface area contributed by atoms with Gasteiger partial charge in [0.2, 0.25) is 0 Å².